The standard InChI is InChI=1S/C14H20N2O/c1-9(2)13(15)12(14(17)10(3)4)11-7-5-6-8-16-11/h5-10H,15H2,1-4H3. The van der Waals surface area contributed by atoms with Crippen molar-refractivity contribution in [2.24, 2.45) is 17.6 Å². The molecule has 0 radical (unpaired) electrons. The van der Waals surface area contributed by atoms with Gasteiger partial charge < -0.3 is 5.73 Å². The SMILES string of the molecule is CC(C)C(=O)C(=C(N)C(C)C)c1ccccn1. The van der Waals surface area contributed by atoms with Gasteiger partial charge in [0.1, 0.15) is 0 Å². The minimum absolute atomic E-state index is 0.0508. The Bertz CT molecular complexity index is 419. The summed E-state index contributed by atoms with van der Waals surface area (Å²) in [6.07, 6.45) is 1.68. The van der Waals surface area contributed by atoms with Gasteiger partial charge in [0.05, 0.1) is 11.3 Å². The lowest BCUT2D eigenvalue weighted by Gasteiger charge is -2.15. The predicted molar refractivity (Wildman–Crippen MR) is 70.0 cm³/mol. The summed E-state index contributed by atoms with van der Waals surface area (Å²) in [6, 6.07) is 5.51. The monoisotopic (exact) mass is 232 g/mol. The van der Waals surface area contributed by atoms with E-state index < -0.39 is 0 Å². The number of aromatic nitrogens is 1. The van der Waals surface area contributed by atoms with E-state index in [4.69, 9.17) is 5.73 Å². The second kappa shape index (κ2) is 5.62. The van der Waals surface area contributed by atoms with Crippen molar-refractivity contribution < 1.29 is 4.79 Å². The van der Waals surface area contributed by atoms with Crippen molar-refractivity contribution in [2.45, 2.75) is 27.7 Å². The quantitative estimate of drug-likeness (QED) is 0.812. The summed E-state index contributed by atoms with van der Waals surface area (Å²) in [5, 5.41) is 0. The Kier molecular flexibility index (Phi) is 4.44. The van der Waals surface area contributed by atoms with Crippen LogP contribution in [-0.4, -0.2) is 10.8 Å². The Morgan fingerprint density at radius 1 is 1.18 bits per heavy atom. The molecule has 0 spiro atoms. The zero-order valence-corrected chi connectivity index (χ0v) is 10.9. The number of carbonyl (C=O) groups excluding carboxylic acids is 1. The molecule has 0 saturated carbocycles. The van der Waals surface area contributed by atoms with Gasteiger partial charge in [-0.1, -0.05) is 33.8 Å². The smallest absolute Gasteiger partial charge is 0.169 e. The number of allylic oxidation sites excluding steroid dienone is 2. The van der Waals surface area contributed by atoms with E-state index in [1.165, 1.54) is 0 Å². The molecule has 0 atom stereocenters. The maximum atomic E-state index is 12.2. The molecule has 0 aliphatic rings. The number of pyridine rings is 1. The molecule has 0 saturated heterocycles. The number of ketones is 1. The first-order valence-corrected chi connectivity index (χ1v) is 5.90. The number of Topliss-reactive ketones (excluding diaryl/α,β-unsaturated/α-hetero) is 1. The highest BCUT2D eigenvalue weighted by atomic mass is 16.1. The summed E-state index contributed by atoms with van der Waals surface area (Å²) in [5.41, 5.74) is 7.89. The molecular formula is C14H20N2O. The molecule has 0 bridgehead atoms. The van der Waals surface area contributed by atoms with Gasteiger partial charge in [-0.3, -0.25) is 9.78 Å². The summed E-state index contributed by atoms with van der Waals surface area (Å²) >= 11 is 0. The number of hydrogen-bond donors (Lipinski definition) is 1. The number of rotatable bonds is 4. The second-order valence-corrected chi connectivity index (χ2v) is 4.72. The van der Waals surface area contributed by atoms with Crippen LogP contribution in [0.15, 0.2) is 30.1 Å². The van der Waals surface area contributed by atoms with E-state index in [9.17, 15) is 4.79 Å². The third-order valence-electron chi connectivity index (χ3n) is 2.60. The maximum Gasteiger partial charge on any atom is 0.169 e. The molecule has 92 valence electrons. The summed E-state index contributed by atoms with van der Waals surface area (Å²) < 4.78 is 0. The molecule has 3 nitrogen and oxygen atoms in total. The number of nitrogens with two attached hydrogens (primary N) is 1. The molecule has 1 aromatic heterocycles. The molecule has 17 heavy (non-hydrogen) atoms. The fourth-order valence-electron chi connectivity index (χ4n) is 1.50. The average molecular weight is 232 g/mol. The van der Waals surface area contributed by atoms with Crippen LogP contribution in [0.25, 0.3) is 5.57 Å². The summed E-state index contributed by atoms with van der Waals surface area (Å²) in [7, 11) is 0. The number of carbonyl (C=O) groups is 1. The van der Waals surface area contributed by atoms with Crippen molar-refractivity contribution in [3.8, 4) is 0 Å². The van der Waals surface area contributed by atoms with E-state index in [1.54, 1.807) is 6.20 Å². The highest BCUT2D eigenvalue weighted by molar-refractivity contribution is 6.21. The van der Waals surface area contributed by atoms with Gasteiger partial charge in [0.2, 0.25) is 0 Å². The molecular weight excluding hydrogens is 212 g/mol. The zero-order chi connectivity index (χ0) is 13.0. The van der Waals surface area contributed by atoms with Crippen LogP contribution < -0.4 is 5.73 Å². The van der Waals surface area contributed by atoms with Gasteiger partial charge in [-0.25, -0.2) is 0 Å². The summed E-state index contributed by atoms with van der Waals surface area (Å²) in [5.74, 6) is 0.105. The summed E-state index contributed by atoms with van der Waals surface area (Å²) in [6.45, 7) is 7.70. The first-order chi connectivity index (χ1) is 7.95. The van der Waals surface area contributed by atoms with Crippen LogP contribution in [0.4, 0.5) is 0 Å². The third-order valence-corrected chi connectivity index (χ3v) is 2.60. The Morgan fingerprint density at radius 2 is 1.82 bits per heavy atom. The molecule has 0 unspecified atom stereocenters. The van der Waals surface area contributed by atoms with Crippen molar-refractivity contribution >= 4 is 11.4 Å². The van der Waals surface area contributed by atoms with Crippen molar-refractivity contribution in [1.82, 2.24) is 4.98 Å². The van der Waals surface area contributed by atoms with E-state index in [2.05, 4.69) is 4.98 Å². The maximum absolute atomic E-state index is 12.2. The Balaban J connectivity index is 3.32. The van der Waals surface area contributed by atoms with Crippen molar-refractivity contribution in [3.05, 3.63) is 35.8 Å². The van der Waals surface area contributed by atoms with Crippen LogP contribution in [0, 0.1) is 11.8 Å². The van der Waals surface area contributed by atoms with E-state index in [0.29, 0.717) is 17.0 Å². The predicted octanol–water partition coefficient (Wildman–Crippen LogP) is 2.63. The van der Waals surface area contributed by atoms with Crippen LogP contribution in [0.5, 0.6) is 0 Å². The molecule has 1 aromatic rings. The molecule has 0 aliphatic carbocycles. The lowest BCUT2D eigenvalue weighted by molar-refractivity contribution is -0.116. The Labute approximate surface area is 103 Å². The first-order valence-electron chi connectivity index (χ1n) is 5.90. The third kappa shape index (κ3) is 3.16. The highest BCUT2D eigenvalue weighted by Crippen LogP contribution is 2.22. The Morgan fingerprint density at radius 3 is 2.24 bits per heavy atom. The fraction of sp³-hybridized carbons (Fsp3) is 0.429. The van der Waals surface area contributed by atoms with E-state index in [1.807, 2.05) is 45.9 Å². The topological polar surface area (TPSA) is 56.0 Å². The average Bonchev–Trinajstić information content (AvgIpc) is 2.30. The highest BCUT2D eigenvalue weighted by Gasteiger charge is 2.21. The lowest BCUT2D eigenvalue weighted by atomic mass is 9.93. The zero-order valence-electron chi connectivity index (χ0n) is 10.9. The summed E-state index contributed by atoms with van der Waals surface area (Å²) in [4.78, 5) is 16.4. The molecule has 3 heteroatoms. The van der Waals surface area contributed by atoms with E-state index >= 15 is 0 Å². The van der Waals surface area contributed by atoms with Gasteiger partial charge in [-0.15, -0.1) is 0 Å². The van der Waals surface area contributed by atoms with Crippen molar-refractivity contribution in [3.63, 3.8) is 0 Å². The van der Waals surface area contributed by atoms with Gasteiger partial charge >= 0.3 is 0 Å². The van der Waals surface area contributed by atoms with Gasteiger partial charge in [-0.05, 0) is 18.1 Å². The van der Waals surface area contributed by atoms with Crippen LogP contribution in [0.2, 0.25) is 0 Å². The molecule has 0 aromatic carbocycles. The number of nitrogens with zero attached hydrogens (tertiary/aromatic N) is 1. The Hall–Kier alpha value is -1.64. The van der Waals surface area contributed by atoms with Crippen LogP contribution in [-0.2, 0) is 4.79 Å². The molecule has 1 heterocycles. The molecule has 2 N–H and O–H groups in total. The van der Waals surface area contributed by atoms with Gasteiger partial charge in [0.25, 0.3) is 0 Å². The van der Waals surface area contributed by atoms with E-state index in [0.717, 1.165) is 0 Å². The van der Waals surface area contributed by atoms with Gasteiger partial charge in [-0.2, -0.15) is 0 Å². The van der Waals surface area contributed by atoms with Crippen LogP contribution in [0.1, 0.15) is 33.4 Å². The fourth-order valence-corrected chi connectivity index (χ4v) is 1.50. The van der Waals surface area contributed by atoms with Gasteiger partial charge in [0.15, 0.2) is 5.78 Å². The largest absolute Gasteiger partial charge is 0.401 e. The molecule has 1 rings (SSSR count). The first kappa shape index (κ1) is 13.4. The number of hydrogen-bond acceptors (Lipinski definition) is 3. The second-order valence-electron chi connectivity index (χ2n) is 4.72. The molecule has 0 fully saturated rings. The molecule has 0 amide bonds. The van der Waals surface area contributed by atoms with E-state index in [-0.39, 0.29) is 17.6 Å². The van der Waals surface area contributed by atoms with Crippen LogP contribution >= 0.6 is 0 Å². The van der Waals surface area contributed by atoms with Crippen molar-refractivity contribution in [2.75, 3.05) is 0 Å². The van der Waals surface area contributed by atoms with Gasteiger partial charge in [0, 0.05) is 17.8 Å². The van der Waals surface area contributed by atoms with Crippen molar-refractivity contribution in [1.29, 1.82) is 0 Å². The molecule has 0 aliphatic heterocycles. The minimum atomic E-state index is -0.0793. The lowest BCUT2D eigenvalue weighted by Crippen LogP contribution is -2.18. The minimum Gasteiger partial charge on any atom is -0.401 e. The normalized spacial score (nSPS) is 12.8. The van der Waals surface area contributed by atoms with Crippen LogP contribution in [0.3, 0.4) is 0 Å².